The Labute approximate surface area is 182 Å². The number of amides is 1. The average Bonchev–Trinajstić information content (AvgIpc) is 3.22. The first-order chi connectivity index (χ1) is 14.6. The quantitative estimate of drug-likeness (QED) is 0.521. The minimum Gasteiger partial charge on any atom is -0.411 e. The van der Waals surface area contributed by atoms with Crippen LogP contribution in [0.1, 0.15) is 19.3 Å². The zero-order chi connectivity index (χ0) is 20.9. The van der Waals surface area contributed by atoms with Crippen LogP contribution in [0.15, 0.2) is 52.1 Å². The van der Waals surface area contributed by atoms with Gasteiger partial charge in [0, 0.05) is 18.7 Å². The molecule has 0 spiro atoms. The standard InChI is InChI=1S/C21H20ClFN4O2S/c22-16-8-5-9-17(19(16)27-10-2-1-3-11-27)24-18(28)13-30-21-26-25-20(29-21)14-6-4-7-15(23)12-14/h4-9,12H,1-3,10-11,13H2,(H,24,28). The van der Waals surface area contributed by atoms with Crippen LogP contribution < -0.4 is 10.2 Å². The Bertz CT molecular complexity index is 1040. The Morgan fingerprint density at radius 3 is 2.77 bits per heavy atom. The molecule has 4 rings (SSSR count). The zero-order valence-corrected chi connectivity index (χ0v) is 17.7. The highest BCUT2D eigenvalue weighted by Gasteiger charge is 2.19. The van der Waals surface area contributed by atoms with Crippen molar-refractivity contribution in [2.24, 2.45) is 0 Å². The Morgan fingerprint density at radius 2 is 1.97 bits per heavy atom. The van der Waals surface area contributed by atoms with Crippen LogP contribution in [0.3, 0.4) is 0 Å². The summed E-state index contributed by atoms with van der Waals surface area (Å²) in [5.41, 5.74) is 2.05. The van der Waals surface area contributed by atoms with Gasteiger partial charge in [-0.05, 0) is 49.6 Å². The van der Waals surface area contributed by atoms with Crippen LogP contribution in [-0.2, 0) is 4.79 Å². The van der Waals surface area contributed by atoms with Gasteiger partial charge in [-0.3, -0.25) is 4.79 Å². The lowest BCUT2D eigenvalue weighted by atomic mass is 10.1. The highest BCUT2D eigenvalue weighted by Crippen LogP contribution is 2.35. The molecule has 0 atom stereocenters. The number of piperidine rings is 1. The van der Waals surface area contributed by atoms with Crippen LogP contribution in [0.4, 0.5) is 15.8 Å². The number of anilines is 2. The molecule has 1 aliphatic heterocycles. The van der Waals surface area contributed by atoms with Crippen molar-refractivity contribution in [1.29, 1.82) is 0 Å². The first-order valence-electron chi connectivity index (χ1n) is 9.66. The molecule has 1 fully saturated rings. The predicted molar refractivity (Wildman–Crippen MR) is 117 cm³/mol. The molecule has 6 nitrogen and oxygen atoms in total. The van der Waals surface area contributed by atoms with Crippen molar-refractivity contribution in [3.63, 3.8) is 0 Å². The molecular weight excluding hydrogens is 427 g/mol. The first kappa shape index (κ1) is 20.7. The minimum absolute atomic E-state index is 0.0940. The summed E-state index contributed by atoms with van der Waals surface area (Å²) < 4.78 is 18.9. The monoisotopic (exact) mass is 446 g/mol. The van der Waals surface area contributed by atoms with E-state index in [1.165, 1.54) is 18.6 Å². The van der Waals surface area contributed by atoms with Crippen molar-refractivity contribution in [2.45, 2.75) is 24.5 Å². The van der Waals surface area contributed by atoms with E-state index in [2.05, 4.69) is 20.4 Å². The van der Waals surface area contributed by atoms with Gasteiger partial charge in [-0.25, -0.2) is 4.39 Å². The van der Waals surface area contributed by atoms with Crippen molar-refractivity contribution < 1.29 is 13.6 Å². The summed E-state index contributed by atoms with van der Waals surface area (Å²) in [6.07, 6.45) is 3.43. The van der Waals surface area contributed by atoms with Gasteiger partial charge in [0.15, 0.2) is 0 Å². The Kier molecular flexibility index (Phi) is 6.54. The van der Waals surface area contributed by atoms with Crippen molar-refractivity contribution in [1.82, 2.24) is 10.2 Å². The van der Waals surface area contributed by atoms with Gasteiger partial charge < -0.3 is 14.6 Å². The molecular formula is C21H20ClFN4O2S. The lowest BCUT2D eigenvalue weighted by molar-refractivity contribution is -0.113. The van der Waals surface area contributed by atoms with E-state index in [9.17, 15) is 9.18 Å². The smallest absolute Gasteiger partial charge is 0.277 e. The number of rotatable bonds is 6. The summed E-state index contributed by atoms with van der Waals surface area (Å²) in [4.78, 5) is 14.7. The Balaban J connectivity index is 1.40. The molecule has 0 unspecified atom stereocenters. The fourth-order valence-corrected chi connectivity index (χ4v) is 4.23. The fourth-order valence-electron chi connectivity index (χ4n) is 3.37. The van der Waals surface area contributed by atoms with E-state index in [0.717, 1.165) is 43.4 Å². The Morgan fingerprint density at radius 1 is 1.17 bits per heavy atom. The average molecular weight is 447 g/mol. The molecule has 1 saturated heterocycles. The van der Waals surface area contributed by atoms with Crippen LogP contribution in [0.25, 0.3) is 11.5 Å². The van der Waals surface area contributed by atoms with E-state index in [1.807, 2.05) is 18.2 Å². The normalized spacial score (nSPS) is 14.0. The zero-order valence-electron chi connectivity index (χ0n) is 16.1. The van der Waals surface area contributed by atoms with Crippen molar-refractivity contribution in [3.8, 4) is 11.5 Å². The molecule has 3 aromatic rings. The summed E-state index contributed by atoms with van der Waals surface area (Å²) >= 11 is 7.55. The molecule has 30 heavy (non-hydrogen) atoms. The molecule has 2 aromatic carbocycles. The molecule has 1 aliphatic rings. The highest BCUT2D eigenvalue weighted by atomic mass is 35.5. The molecule has 0 radical (unpaired) electrons. The Hall–Kier alpha value is -2.58. The maximum absolute atomic E-state index is 13.4. The van der Waals surface area contributed by atoms with Gasteiger partial charge in [0.25, 0.3) is 5.22 Å². The number of benzene rings is 2. The van der Waals surface area contributed by atoms with E-state index in [4.69, 9.17) is 16.0 Å². The van der Waals surface area contributed by atoms with Gasteiger partial charge in [0.2, 0.25) is 11.8 Å². The second kappa shape index (κ2) is 9.49. The number of aromatic nitrogens is 2. The molecule has 0 aliphatic carbocycles. The number of nitrogens with one attached hydrogen (secondary N) is 1. The number of hydrogen-bond donors (Lipinski definition) is 1. The number of carbonyl (C=O) groups is 1. The largest absolute Gasteiger partial charge is 0.411 e. The maximum atomic E-state index is 13.4. The summed E-state index contributed by atoms with van der Waals surface area (Å²) in [5.74, 6) is -0.285. The summed E-state index contributed by atoms with van der Waals surface area (Å²) in [7, 11) is 0. The van der Waals surface area contributed by atoms with Crippen molar-refractivity contribution in [3.05, 3.63) is 53.3 Å². The molecule has 156 valence electrons. The number of nitrogens with zero attached hydrogens (tertiary/aromatic N) is 3. The maximum Gasteiger partial charge on any atom is 0.277 e. The molecule has 0 saturated carbocycles. The van der Waals surface area contributed by atoms with Crippen LogP contribution in [-0.4, -0.2) is 34.9 Å². The van der Waals surface area contributed by atoms with Gasteiger partial charge in [-0.15, -0.1) is 10.2 Å². The van der Waals surface area contributed by atoms with Crippen LogP contribution in [0.2, 0.25) is 5.02 Å². The minimum atomic E-state index is -0.384. The van der Waals surface area contributed by atoms with Crippen LogP contribution in [0.5, 0.6) is 0 Å². The van der Waals surface area contributed by atoms with Crippen LogP contribution >= 0.6 is 23.4 Å². The van der Waals surface area contributed by atoms with Gasteiger partial charge >= 0.3 is 0 Å². The van der Waals surface area contributed by atoms with E-state index >= 15 is 0 Å². The number of para-hydroxylation sites is 1. The molecule has 2 heterocycles. The van der Waals surface area contributed by atoms with Gasteiger partial charge in [-0.1, -0.05) is 35.5 Å². The van der Waals surface area contributed by atoms with E-state index < -0.39 is 0 Å². The lowest BCUT2D eigenvalue weighted by Crippen LogP contribution is -2.30. The van der Waals surface area contributed by atoms with E-state index in [0.29, 0.717) is 16.3 Å². The molecule has 1 aromatic heterocycles. The van der Waals surface area contributed by atoms with Gasteiger partial charge in [-0.2, -0.15) is 0 Å². The number of halogens is 2. The third kappa shape index (κ3) is 4.94. The molecule has 0 bridgehead atoms. The highest BCUT2D eigenvalue weighted by molar-refractivity contribution is 7.99. The van der Waals surface area contributed by atoms with Crippen molar-refractivity contribution >= 4 is 40.6 Å². The summed E-state index contributed by atoms with van der Waals surface area (Å²) in [6.45, 7) is 1.85. The van der Waals surface area contributed by atoms with Crippen molar-refractivity contribution in [2.75, 3.05) is 29.1 Å². The predicted octanol–water partition coefficient (Wildman–Crippen LogP) is 5.25. The number of carbonyl (C=O) groups excluding carboxylic acids is 1. The topological polar surface area (TPSA) is 71.3 Å². The number of thioether (sulfide) groups is 1. The fraction of sp³-hybridized carbons (Fsp3) is 0.286. The molecule has 9 heteroatoms. The third-order valence-electron chi connectivity index (χ3n) is 4.74. The third-order valence-corrected chi connectivity index (χ3v) is 5.86. The molecule has 1 amide bonds. The lowest BCUT2D eigenvalue weighted by Gasteiger charge is -2.31. The summed E-state index contributed by atoms with van der Waals surface area (Å²) in [5, 5.41) is 11.6. The van der Waals surface area contributed by atoms with E-state index in [1.54, 1.807) is 12.1 Å². The second-order valence-corrected chi connectivity index (χ2v) is 8.24. The number of hydrogen-bond acceptors (Lipinski definition) is 6. The first-order valence-corrected chi connectivity index (χ1v) is 11.0. The molecule has 1 N–H and O–H groups in total. The van der Waals surface area contributed by atoms with Gasteiger partial charge in [0.05, 0.1) is 22.2 Å². The van der Waals surface area contributed by atoms with Crippen LogP contribution in [0, 0.1) is 5.82 Å². The van der Waals surface area contributed by atoms with Gasteiger partial charge in [0.1, 0.15) is 5.82 Å². The SMILES string of the molecule is O=C(CSc1nnc(-c2cccc(F)c2)o1)Nc1cccc(Cl)c1N1CCCCC1. The second-order valence-electron chi connectivity index (χ2n) is 6.90. The van der Waals surface area contributed by atoms with E-state index in [-0.39, 0.29) is 28.6 Å². The summed E-state index contributed by atoms with van der Waals surface area (Å²) in [6, 6.07) is 11.4.